The summed E-state index contributed by atoms with van der Waals surface area (Å²) in [5, 5.41) is 25.4. The van der Waals surface area contributed by atoms with Crippen LogP contribution < -0.4 is 0 Å². The summed E-state index contributed by atoms with van der Waals surface area (Å²) in [6.45, 7) is 0. The van der Waals surface area contributed by atoms with Crippen molar-refractivity contribution >= 4 is 131 Å². The molecule has 0 saturated heterocycles. The summed E-state index contributed by atoms with van der Waals surface area (Å²) < 4.78 is 14.5. The van der Waals surface area contributed by atoms with Crippen molar-refractivity contribution in [3.8, 4) is 51.3 Å². The van der Waals surface area contributed by atoms with Crippen LogP contribution >= 0.6 is 0 Å². The molecule has 0 aliphatic carbocycles. The second-order valence-corrected chi connectivity index (χ2v) is 24.2. The van der Waals surface area contributed by atoms with E-state index in [1.165, 1.54) is 43.1 Å². The van der Waals surface area contributed by atoms with E-state index in [4.69, 9.17) is 4.98 Å². The van der Waals surface area contributed by atoms with E-state index in [0.29, 0.717) is 5.56 Å². The van der Waals surface area contributed by atoms with Crippen LogP contribution in [0.1, 0.15) is 5.56 Å². The predicted octanol–water partition coefficient (Wildman–Crippen LogP) is 21.2. The van der Waals surface area contributed by atoms with Gasteiger partial charge in [0.05, 0.1) is 102 Å². The van der Waals surface area contributed by atoms with Crippen molar-refractivity contribution in [3.63, 3.8) is 0 Å². The number of fused-ring (bicyclic) bond motifs is 18. The highest BCUT2D eigenvalue weighted by molar-refractivity contribution is 6.17. The summed E-state index contributed by atoms with van der Waals surface area (Å²) in [5.41, 5.74) is 21.0. The van der Waals surface area contributed by atoms with E-state index in [1.807, 2.05) is 24.5 Å². The highest BCUT2D eigenvalue weighted by Crippen LogP contribution is 2.46. The predicted molar refractivity (Wildman–Crippen MR) is 380 cm³/mol. The molecule has 92 heavy (non-hydrogen) atoms. The number of aromatic nitrogens is 7. The molecule has 0 saturated carbocycles. The molecule has 20 rings (SSSR count). The fourth-order valence-electron chi connectivity index (χ4n) is 15.7. The Morgan fingerprint density at radius 3 is 0.717 bits per heavy atom. The summed E-state index contributed by atoms with van der Waals surface area (Å²) in [5.74, 6) is 0. The second kappa shape index (κ2) is 19.2. The Labute approximate surface area is 526 Å². The van der Waals surface area contributed by atoms with Gasteiger partial charge in [-0.2, -0.15) is 5.26 Å². The monoisotopic (exact) mass is 1170 g/mol. The Balaban J connectivity index is 0.937. The van der Waals surface area contributed by atoms with Crippen LogP contribution in [0.15, 0.2) is 304 Å². The Kier molecular flexibility index (Phi) is 10.5. The van der Waals surface area contributed by atoms with Gasteiger partial charge in [-0.05, 0) is 103 Å². The number of pyridine rings is 1. The van der Waals surface area contributed by atoms with Gasteiger partial charge in [0.2, 0.25) is 0 Å². The maximum Gasteiger partial charge on any atom is 0.0998 e. The largest absolute Gasteiger partial charge is 0.309 e. The number of nitrogens with zero attached hydrogens (tertiary/aromatic N) is 8. The van der Waals surface area contributed by atoms with Crippen LogP contribution in [-0.2, 0) is 0 Å². The van der Waals surface area contributed by atoms with E-state index in [2.05, 4.69) is 313 Å². The molecule has 7 heterocycles. The van der Waals surface area contributed by atoms with E-state index in [0.717, 1.165) is 133 Å². The highest BCUT2D eigenvalue weighted by atomic mass is 15.1. The zero-order valence-electron chi connectivity index (χ0n) is 49.4. The van der Waals surface area contributed by atoms with Crippen LogP contribution in [0.25, 0.3) is 176 Å². The lowest BCUT2D eigenvalue weighted by molar-refractivity contribution is 1.08. The van der Waals surface area contributed by atoms with Crippen molar-refractivity contribution in [2.75, 3.05) is 0 Å². The molecule has 8 heteroatoms. The molecule has 0 fully saturated rings. The molecule has 20 aromatic rings. The van der Waals surface area contributed by atoms with Gasteiger partial charge in [-0.3, -0.25) is 4.98 Å². The maximum atomic E-state index is 11.5. The zero-order valence-corrected chi connectivity index (χ0v) is 49.4. The van der Waals surface area contributed by atoms with E-state index in [9.17, 15) is 5.26 Å². The van der Waals surface area contributed by atoms with Gasteiger partial charge in [-0.25, -0.2) is 0 Å². The van der Waals surface area contributed by atoms with Crippen molar-refractivity contribution < 1.29 is 0 Å². The quantitative estimate of drug-likeness (QED) is 0.160. The third-order valence-electron chi connectivity index (χ3n) is 19.5. The lowest BCUT2D eigenvalue weighted by Gasteiger charge is -2.21. The normalized spacial score (nSPS) is 12.1. The van der Waals surface area contributed by atoms with Gasteiger partial charge in [0.1, 0.15) is 0 Å². The highest BCUT2D eigenvalue weighted by Gasteiger charge is 2.27. The van der Waals surface area contributed by atoms with Crippen molar-refractivity contribution in [2.45, 2.75) is 0 Å². The minimum atomic E-state index is 0.552. The summed E-state index contributed by atoms with van der Waals surface area (Å²) >= 11 is 0. The third-order valence-corrected chi connectivity index (χ3v) is 19.5. The molecule has 13 aromatic carbocycles. The average molecular weight is 1170 g/mol. The van der Waals surface area contributed by atoms with Crippen LogP contribution in [-0.4, -0.2) is 32.4 Å². The SMILES string of the molecule is N#Cc1ccccc1-c1c(-n2c3cc(-n4c5ccccc5c5ccccc54)ccc3c3ccc(-n4c5ccccc5c5ccccc54)cc32)cncc1-n1c2cc(-n3c4ccccc4c4ccccc43)ccc2c2ccc(-n3c4ccccc4c4ccccc43)cc21. The van der Waals surface area contributed by atoms with E-state index >= 15 is 0 Å². The van der Waals surface area contributed by atoms with Crippen molar-refractivity contribution in [1.29, 1.82) is 5.26 Å². The number of nitriles is 1. The lowest BCUT2D eigenvalue weighted by atomic mass is 9.97. The molecule has 0 N–H and O–H groups in total. The number of rotatable bonds is 7. The molecule has 0 aliphatic rings. The number of hydrogen-bond acceptors (Lipinski definition) is 2. The van der Waals surface area contributed by atoms with Gasteiger partial charge < -0.3 is 27.4 Å². The van der Waals surface area contributed by atoms with E-state index in [1.54, 1.807) is 0 Å². The van der Waals surface area contributed by atoms with Gasteiger partial charge in [-0.1, -0.05) is 188 Å². The van der Waals surface area contributed by atoms with Crippen molar-refractivity contribution in [1.82, 2.24) is 32.4 Å². The summed E-state index contributed by atoms with van der Waals surface area (Å²) in [6.07, 6.45) is 4.04. The van der Waals surface area contributed by atoms with Crippen LogP contribution in [0.3, 0.4) is 0 Å². The lowest BCUT2D eigenvalue weighted by Crippen LogP contribution is -2.06. The Bertz CT molecular complexity index is 5680. The molecule has 0 unspecified atom stereocenters. The Morgan fingerprint density at radius 1 is 0.228 bits per heavy atom. The first-order valence-electron chi connectivity index (χ1n) is 31.2. The maximum absolute atomic E-state index is 11.5. The Hall–Kier alpha value is -12.7. The second-order valence-electron chi connectivity index (χ2n) is 24.2. The molecular weight excluding hydrogens is 1120 g/mol. The average Bonchev–Trinajstić information content (AvgIpc) is 1.57. The summed E-state index contributed by atoms with van der Waals surface area (Å²) in [7, 11) is 0. The smallest absolute Gasteiger partial charge is 0.0998 e. The number of para-hydroxylation sites is 8. The first-order chi connectivity index (χ1) is 45.6. The molecule has 0 atom stereocenters. The molecule has 0 radical (unpaired) electrons. The number of benzene rings is 13. The van der Waals surface area contributed by atoms with Crippen LogP contribution in [0.4, 0.5) is 0 Å². The summed E-state index contributed by atoms with van der Waals surface area (Å²) in [6, 6.07) is 108. The zero-order chi connectivity index (χ0) is 60.3. The molecule has 0 amide bonds. The molecule has 0 bridgehead atoms. The first kappa shape index (κ1) is 50.3. The van der Waals surface area contributed by atoms with E-state index in [-0.39, 0.29) is 0 Å². The van der Waals surface area contributed by atoms with Gasteiger partial charge in [-0.15, -0.1) is 0 Å². The fraction of sp³-hybridized carbons (Fsp3) is 0. The van der Waals surface area contributed by atoms with Gasteiger partial charge in [0, 0.05) is 98.5 Å². The minimum Gasteiger partial charge on any atom is -0.309 e. The van der Waals surface area contributed by atoms with Crippen molar-refractivity contribution in [3.05, 3.63) is 309 Å². The third kappa shape index (κ3) is 6.96. The fourth-order valence-corrected chi connectivity index (χ4v) is 15.7. The molecule has 0 aliphatic heterocycles. The van der Waals surface area contributed by atoms with Crippen LogP contribution in [0.5, 0.6) is 0 Å². The van der Waals surface area contributed by atoms with Crippen LogP contribution in [0, 0.1) is 11.3 Å². The van der Waals surface area contributed by atoms with Gasteiger partial charge in [0.25, 0.3) is 0 Å². The molecule has 7 aromatic heterocycles. The van der Waals surface area contributed by atoms with Gasteiger partial charge in [0.15, 0.2) is 0 Å². The van der Waals surface area contributed by atoms with E-state index < -0.39 is 0 Å². The topological polar surface area (TPSA) is 66.3 Å². The van der Waals surface area contributed by atoms with Crippen molar-refractivity contribution in [2.24, 2.45) is 0 Å². The Morgan fingerprint density at radius 2 is 0.457 bits per heavy atom. The van der Waals surface area contributed by atoms with Gasteiger partial charge >= 0.3 is 0 Å². The first-order valence-corrected chi connectivity index (χ1v) is 31.2. The minimum absolute atomic E-state index is 0.552. The standard InChI is InChI=1S/C84H50N8/c85-49-52-19-1-2-20-57(52)84-82(91-78-45-53(87-70-29-11-3-21-58(70)59-22-4-12-30-71(59)87)37-41-66(78)67-42-38-54(46-79(67)91)88-72-31-13-5-23-60(72)61-24-6-14-32-73(61)88)50-86-51-83(84)92-80-47-55(89-74-33-15-7-25-62(74)63-26-8-16-34-75(63)89)39-43-68(80)69-44-40-56(48-81(69)92)90-76-35-17-9-27-64(76)65-28-10-18-36-77(65)90/h1-48,50-51H. The molecule has 8 nitrogen and oxygen atoms in total. The summed E-state index contributed by atoms with van der Waals surface area (Å²) in [4.78, 5) is 5.44. The molecule has 426 valence electrons. The number of hydrogen-bond donors (Lipinski definition) is 0. The molecular formula is C84H50N8. The molecule has 0 spiro atoms. The van der Waals surface area contributed by atoms with Crippen LogP contribution in [0.2, 0.25) is 0 Å².